The van der Waals surface area contributed by atoms with Crippen LogP contribution in [0.4, 0.5) is 10.1 Å². The van der Waals surface area contributed by atoms with E-state index in [-0.39, 0.29) is 11.6 Å². The van der Waals surface area contributed by atoms with Gasteiger partial charge in [0.05, 0.1) is 18.3 Å². The van der Waals surface area contributed by atoms with Gasteiger partial charge in [-0.15, -0.1) is 0 Å². The van der Waals surface area contributed by atoms with E-state index in [0.29, 0.717) is 0 Å². The van der Waals surface area contributed by atoms with E-state index in [1.807, 2.05) is 37.3 Å². The fourth-order valence-electron chi connectivity index (χ4n) is 2.25. The van der Waals surface area contributed by atoms with Gasteiger partial charge in [0, 0.05) is 17.3 Å². The van der Waals surface area contributed by atoms with Gasteiger partial charge in [-0.2, -0.15) is 0 Å². The summed E-state index contributed by atoms with van der Waals surface area (Å²) >= 11 is 0. The lowest BCUT2D eigenvalue weighted by Gasteiger charge is -2.04. The average molecular weight is 294 g/mol. The van der Waals surface area contributed by atoms with Crippen molar-refractivity contribution in [1.29, 1.82) is 0 Å². The van der Waals surface area contributed by atoms with E-state index >= 15 is 0 Å². The van der Waals surface area contributed by atoms with Crippen molar-refractivity contribution >= 4 is 22.8 Å². The summed E-state index contributed by atoms with van der Waals surface area (Å²) in [5.41, 5.74) is 3.48. The molecule has 0 spiro atoms. The van der Waals surface area contributed by atoms with Gasteiger partial charge in [0.2, 0.25) is 0 Å². The number of methoxy groups -OCH3 is 1. The molecule has 4 heteroatoms. The third-order valence-electron chi connectivity index (χ3n) is 3.38. The van der Waals surface area contributed by atoms with Crippen LogP contribution in [-0.4, -0.2) is 18.3 Å². The molecule has 2 aromatic carbocycles. The lowest BCUT2D eigenvalue weighted by atomic mass is 10.1. The number of ether oxygens (including phenoxy) is 1. The summed E-state index contributed by atoms with van der Waals surface area (Å²) in [5, 5.41) is 0.985. The summed E-state index contributed by atoms with van der Waals surface area (Å²) < 4.78 is 18.4. The number of aryl methyl sites for hydroxylation is 1. The molecule has 22 heavy (non-hydrogen) atoms. The molecule has 1 heterocycles. The Kier molecular flexibility index (Phi) is 3.83. The Morgan fingerprint density at radius 1 is 1.14 bits per heavy atom. The number of aromatic nitrogens is 1. The van der Waals surface area contributed by atoms with Crippen molar-refractivity contribution in [3.05, 3.63) is 65.6 Å². The van der Waals surface area contributed by atoms with Gasteiger partial charge in [0.25, 0.3) is 0 Å². The second-order valence-corrected chi connectivity index (χ2v) is 4.95. The molecule has 0 atom stereocenters. The fourth-order valence-corrected chi connectivity index (χ4v) is 2.25. The van der Waals surface area contributed by atoms with E-state index in [1.54, 1.807) is 18.3 Å². The number of rotatable bonds is 3. The van der Waals surface area contributed by atoms with Crippen LogP contribution in [-0.2, 0) is 0 Å². The molecular weight excluding hydrogens is 279 g/mol. The van der Waals surface area contributed by atoms with Gasteiger partial charge in [-0.05, 0) is 48.9 Å². The topological polar surface area (TPSA) is 34.5 Å². The number of hydrogen-bond donors (Lipinski definition) is 0. The molecule has 3 nitrogen and oxygen atoms in total. The van der Waals surface area contributed by atoms with Crippen LogP contribution >= 0.6 is 0 Å². The van der Waals surface area contributed by atoms with E-state index in [1.165, 1.54) is 13.2 Å². The Labute approximate surface area is 128 Å². The third kappa shape index (κ3) is 2.81. The largest absolute Gasteiger partial charge is 0.494 e. The van der Waals surface area contributed by atoms with E-state index in [0.717, 1.165) is 27.8 Å². The van der Waals surface area contributed by atoms with Crippen LogP contribution in [0.5, 0.6) is 5.75 Å². The summed E-state index contributed by atoms with van der Waals surface area (Å²) in [6, 6.07) is 14.4. The Morgan fingerprint density at radius 2 is 2.00 bits per heavy atom. The zero-order valence-electron chi connectivity index (χ0n) is 12.4. The zero-order chi connectivity index (χ0) is 15.5. The minimum Gasteiger partial charge on any atom is -0.494 e. The van der Waals surface area contributed by atoms with E-state index in [2.05, 4.69) is 9.98 Å². The maximum atomic E-state index is 13.4. The van der Waals surface area contributed by atoms with Gasteiger partial charge < -0.3 is 4.74 Å². The van der Waals surface area contributed by atoms with Gasteiger partial charge in [-0.25, -0.2) is 4.39 Å². The minimum atomic E-state index is -0.385. The Balaban J connectivity index is 1.99. The highest BCUT2D eigenvalue weighted by atomic mass is 19.1. The molecule has 0 amide bonds. The molecule has 0 saturated carbocycles. The molecule has 0 bridgehead atoms. The van der Waals surface area contributed by atoms with Gasteiger partial charge >= 0.3 is 0 Å². The molecule has 0 fully saturated rings. The van der Waals surface area contributed by atoms with Crippen LogP contribution in [0.25, 0.3) is 10.9 Å². The Hall–Kier alpha value is -2.75. The maximum Gasteiger partial charge on any atom is 0.165 e. The van der Waals surface area contributed by atoms with E-state index in [9.17, 15) is 4.39 Å². The van der Waals surface area contributed by atoms with Crippen LogP contribution in [0.3, 0.4) is 0 Å². The normalized spacial score (nSPS) is 11.2. The average Bonchev–Trinajstić information content (AvgIpc) is 2.53. The van der Waals surface area contributed by atoms with Gasteiger partial charge in [0.1, 0.15) is 0 Å². The van der Waals surface area contributed by atoms with Crippen molar-refractivity contribution in [3.8, 4) is 5.75 Å². The number of halogens is 1. The number of pyridine rings is 1. The molecule has 0 radical (unpaired) electrons. The van der Waals surface area contributed by atoms with Crippen LogP contribution in [0.1, 0.15) is 11.3 Å². The lowest BCUT2D eigenvalue weighted by molar-refractivity contribution is 0.386. The molecule has 0 N–H and O–H groups in total. The van der Waals surface area contributed by atoms with Crippen molar-refractivity contribution in [1.82, 2.24) is 4.98 Å². The monoisotopic (exact) mass is 294 g/mol. The number of hydrogen-bond acceptors (Lipinski definition) is 3. The highest BCUT2D eigenvalue weighted by molar-refractivity contribution is 5.93. The molecular formula is C18H15FN2O. The summed E-state index contributed by atoms with van der Waals surface area (Å²) in [4.78, 5) is 8.98. The highest BCUT2D eigenvalue weighted by Gasteiger charge is 2.03. The standard InChI is InChI=1S/C18H15FN2O/c1-12-6-8-14-16(4-3-5-17(14)21-12)20-11-13-7-9-15(19)18(10-13)22-2/h3-11H,1-2H3. The second-order valence-electron chi connectivity index (χ2n) is 4.95. The first-order valence-electron chi connectivity index (χ1n) is 6.91. The molecule has 0 aliphatic rings. The SMILES string of the molecule is COc1cc(C=Nc2cccc3nc(C)ccc23)ccc1F. The molecule has 0 saturated heterocycles. The van der Waals surface area contributed by atoms with Crippen LogP contribution in [0, 0.1) is 12.7 Å². The van der Waals surface area contributed by atoms with Crippen molar-refractivity contribution in [2.24, 2.45) is 4.99 Å². The van der Waals surface area contributed by atoms with E-state index in [4.69, 9.17) is 4.74 Å². The summed E-state index contributed by atoms with van der Waals surface area (Å²) in [6.07, 6.45) is 1.69. The first-order chi connectivity index (χ1) is 10.7. The van der Waals surface area contributed by atoms with Crippen LogP contribution in [0.15, 0.2) is 53.5 Å². The maximum absolute atomic E-state index is 13.4. The van der Waals surface area contributed by atoms with Crippen molar-refractivity contribution in [2.75, 3.05) is 7.11 Å². The number of fused-ring (bicyclic) bond motifs is 1. The van der Waals surface area contributed by atoms with E-state index < -0.39 is 0 Å². The molecule has 0 aliphatic heterocycles. The minimum absolute atomic E-state index is 0.208. The first kappa shape index (κ1) is 14.2. The van der Waals surface area contributed by atoms with Crippen LogP contribution in [0.2, 0.25) is 0 Å². The Morgan fingerprint density at radius 3 is 2.82 bits per heavy atom. The third-order valence-corrected chi connectivity index (χ3v) is 3.38. The molecule has 0 unspecified atom stereocenters. The van der Waals surface area contributed by atoms with Gasteiger partial charge in [-0.1, -0.05) is 12.1 Å². The number of aliphatic imine (C=N–C) groups is 1. The molecule has 110 valence electrons. The van der Waals surface area contributed by atoms with Crippen LogP contribution < -0.4 is 4.74 Å². The van der Waals surface area contributed by atoms with Gasteiger partial charge in [-0.3, -0.25) is 9.98 Å². The van der Waals surface area contributed by atoms with Crippen molar-refractivity contribution in [3.63, 3.8) is 0 Å². The highest BCUT2D eigenvalue weighted by Crippen LogP contribution is 2.25. The second kappa shape index (κ2) is 5.93. The van der Waals surface area contributed by atoms with Gasteiger partial charge in [0.15, 0.2) is 11.6 Å². The lowest BCUT2D eigenvalue weighted by Crippen LogP contribution is -1.90. The zero-order valence-corrected chi connectivity index (χ0v) is 12.4. The molecule has 0 aliphatic carbocycles. The first-order valence-corrected chi connectivity index (χ1v) is 6.91. The molecule has 1 aromatic heterocycles. The quantitative estimate of drug-likeness (QED) is 0.669. The van der Waals surface area contributed by atoms with Crippen molar-refractivity contribution < 1.29 is 9.13 Å². The summed E-state index contributed by atoms with van der Waals surface area (Å²) in [5.74, 6) is -0.177. The van der Waals surface area contributed by atoms with Crippen molar-refractivity contribution in [2.45, 2.75) is 6.92 Å². The predicted octanol–water partition coefficient (Wildman–Crippen LogP) is 4.44. The molecule has 3 rings (SSSR count). The predicted molar refractivity (Wildman–Crippen MR) is 86.7 cm³/mol. The summed E-state index contributed by atoms with van der Waals surface area (Å²) in [6.45, 7) is 1.96. The number of nitrogens with zero attached hydrogens (tertiary/aromatic N) is 2. The number of benzene rings is 2. The molecule has 3 aromatic rings. The summed E-state index contributed by atoms with van der Waals surface area (Å²) in [7, 11) is 1.44. The fraction of sp³-hybridized carbons (Fsp3) is 0.111. The Bertz CT molecular complexity index is 859. The smallest absolute Gasteiger partial charge is 0.165 e.